The molecule has 186 valence electrons. The zero-order chi connectivity index (χ0) is 25.8. The van der Waals surface area contributed by atoms with Gasteiger partial charge in [0.1, 0.15) is 23.7 Å². The number of methoxy groups -OCH3 is 1. The lowest BCUT2D eigenvalue weighted by Crippen LogP contribution is -2.06. The minimum Gasteiger partial charge on any atom is -0.490 e. The first kappa shape index (κ1) is 28.2. The number of fused-ring (bicyclic) bond motifs is 1. The molecule has 1 aliphatic rings. The lowest BCUT2D eigenvalue weighted by Gasteiger charge is -2.12. The maximum absolute atomic E-state index is 9.28. The number of aldehydes is 1. The van der Waals surface area contributed by atoms with Crippen LogP contribution < -0.4 is 10.5 Å². The number of nitrogens with zero attached hydrogens (tertiary/aromatic N) is 1. The molecule has 1 aliphatic carbocycles. The van der Waals surface area contributed by atoms with Gasteiger partial charge < -0.3 is 25.1 Å². The number of ether oxygens (including phenoxy) is 2. The molecule has 0 saturated carbocycles. The number of nitrogens with two attached hydrogens (primary N) is 1. The predicted octanol–water partition coefficient (Wildman–Crippen LogP) is 5.02. The monoisotopic (exact) mass is 494 g/mol. The van der Waals surface area contributed by atoms with Crippen molar-refractivity contribution < 1.29 is 19.4 Å². The van der Waals surface area contributed by atoms with Gasteiger partial charge in [0.15, 0.2) is 0 Å². The van der Waals surface area contributed by atoms with Gasteiger partial charge in [-0.15, -0.1) is 17.3 Å². The van der Waals surface area contributed by atoms with Crippen LogP contribution in [0.5, 0.6) is 5.75 Å². The van der Waals surface area contributed by atoms with E-state index in [1.54, 1.807) is 11.3 Å². The molecule has 1 atom stereocenters. The molecule has 1 heterocycles. The van der Waals surface area contributed by atoms with Crippen LogP contribution >= 0.6 is 11.3 Å². The predicted molar refractivity (Wildman–Crippen MR) is 143 cm³/mol. The van der Waals surface area contributed by atoms with Crippen molar-refractivity contribution in [1.29, 1.82) is 0 Å². The fourth-order valence-electron chi connectivity index (χ4n) is 3.77. The third-order valence-electron chi connectivity index (χ3n) is 5.17. The highest BCUT2D eigenvalue weighted by Gasteiger charge is 2.22. The summed E-state index contributed by atoms with van der Waals surface area (Å²) in [6.07, 6.45) is 4.86. The molecule has 0 aliphatic heterocycles. The second kappa shape index (κ2) is 14.4. The Balaban J connectivity index is 0.000000551. The Morgan fingerprint density at radius 2 is 2.06 bits per heavy atom. The van der Waals surface area contributed by atoms with Gasteiger partial charge in [-0.05, 0) is 68.5 Å². The molecule has 0 radical (unpaired) electrons. The number of thiazole rings is 1. The molecule has 7 heteroatoms. The smallest absolute Gasteiger partial charge is 0.145 e. The molecule has 3 N–H and O–H groups in total. The molecule has 0 bridgehead atoms. The van der Waals surface area contributed by atoms with Crippen molar-refractivity contribution in [2.45, 2.75) is 45.8 Å². The highest BCUT2D eigenvalue weighted by Crippen LogP contribution is 2.40. The summed E-state index contributed by atoms with van der Waals surface area (Å²) in [5.41, 5.74) is 12.1. The van der Waals surface area contributed by atoms with Gasteiger partial charge in [0.2, 0.25) is 0 Å². The highest BCUT2D eigenvalue weighted by atomic mass is 32.1. The number of carbonyl (C=O) groups is 1. The molecule has 6 nitrogen and oxygen atoms in total. The first-order valence-electron chi connectivity index (χ1n) is 11.4. The van der Waals surface area contributed by atoms with E-state index in [9.17, 15) is 4.79 Å². The number of aliphatic hydroxyl groups is 1. The van der Waals surface area contributed by atoms with E-state index in [-0.39, 0.29) is 18.8 Å². The van der Waals surface area contributed by atoms with Crippen molar-refractivity contribution in [3.05, 3.63) is 59.3 Å². The van der Waals surface area contributed by atoms with Crippen molar-refractivity contribution in [3.63, 3.8) is 0 Å². The maximum Gasteiger partial charge on any atom is 0.145 e. The van der Waals surface area contributed by atoms with E-state index in [4.69, 9.17) is 20.6 Å². The Bertz CT molecular complexity index is 1160. The van der Waals surface area contributed by atoms with Gasteiger partial charge >= 0.3 is 0 Å². The minimum atomic E-state index is 0.112. The molecule has 1 aromatic heterocycles. The van der Waals surface area contributed by atoms with E-state index in [0.29, 0.717) is 6.29 Å². The largest absolute Gasteiger partial charge is 0.490 e. The number of carbonyl (C=O) groups excluding carboxylic acids is 1. The van der Waals surface area contributed by atoms with E-state index < -0.39 is 0 Å². The summed E-state index contributed by atoms with van der Waals surface area (Å²) < 4.78 is 10.2. The summed E-state index contributed by atoms with van der Waals surface area (Å²) in [7, 11) is 2.48. The van der Waals surface area contributed by atoms with Crippen LogP contribution in [0.4, 0.5) is 0 Å². The number of benzene rings is 2. The standard InChI is InChI=1S/C24H24N2OS.C3H6O2.CH4O/c1-4-6-16-13-17(9-12-22(16)27-15(2)3)24-26-14-23(28-24)20-8-5-7-19-18(20)10-11-21(19)25;1-5-3-2-4;1-2/h5,7-9,12-15,21H,10-11,25H2,1-3H3;2H,3H2,1H3;2H,1H3. The van der Waals surface area contributed by atoms with Crippen LogP contribution in [0.3, 0.4) is 0 Å². The summed E-state index contributed by atoms with van der Waals surface area (Å²) in [5, 5.41) is 7.99. The number of hydrogen-bond donors (Lipinski definition) is 2. The van der Waals surface area contributed by atoms with Crippen LogP contribution in [0.15, 0.2) is 42.6 Å². The van der Waals surface area contributed by atoms with Gasteiger partial charge in [-0.1, -0.05) is 24.1 Å². The third-order valence-corrected chi connectivity index (χ3v) is 6.25. The number of aromatic nitrogens is 1. The van der Waals surface area contributed by atoms with Gasteiger partial charge in [-0.25, -0.2) is 4.98 Å². The van der Waals surface area contributed by atoms with E-state index in [1.807, 2.05) is 33.0 Å². The lowest BCUT2D eigenvalue weighted by atomic mass is 10.0. The SMILES string of the molecule is CC#Cc1cc(-c2ncc(-c3cccc4c3CCC4N)s2)ccc1OC(C)C.CO.COCC=O. The Labute approximate surface area is 212 Å². The molecule has 0 spiro atoms. The average molecular weight is 495 g/mol. The molecule has 3 aromatic rings. The summed E-state index contributed by atoms with van der Waals surface area (Å²) in [4.78, 5) is 15.2. The molecule has 35 heavy (non-hydrogen) atoms. The highest BCUT2D eigenvalue weighted by molar-refractivity contribution is 7.18. The van der Waals surface area contributed by atoms with Gasteiger partial charge in [0.25, 0.3) is 0 Å². The zero-order valence-electron chi connectivity index (χ0n) is 21.0. The Hall–Kier alpha value is -3.02. The molecule has 0 amide bonds. The van der Waals surface area contributed by atoms with E-state index in [1.165, 1.54) is 28.7 Å². The molecule has 0 saturated heterocycles. The van der Waals surface area contributed by atoms with Gasteiger partial charge in [0.05, 0.1) is 16.5 Å². The quantitative estimate of drug-likeness (QED) is 0.369. The first-order valence-corrected chi connectivity index (χ1v) is 12.2. The summed E-state index contributed by atoms with van der Waals surface area (Å²) in [6, 6.07) is 12.7. The van der Waals surface area contributed by atoms with Crippen molar-refractivity contribution in [3.8, 4) is 38.6 Å². The van der Waals surface area contributed by atoms with Crippen molar-refractivity contribution in [1.82, 2.24) is 4.98 Å². The zero-order valence-corrected chi connectivity index (χ0v) is 21.8. The van der Waals surface area contributed by atoms with Gasteiger partial charge in [-0.2, -0.15) is 0 Å². The number of rotatable bonds is 6. The number of aliphatic hydroxyl groups excluding tert-OH is 1. The van der Waals surface area contributed by atoms with E-state index >= 15 is 0 Å². The van der Waals surface area contributed by atoms with Crippen LogP contribution in [-0.2, 0) is 16.0 Å². The third kappa shape index (κ3) is 7.48. The summed E-state index contributed by atoms with van der Waals surface area (Å²) in [5.74, 6) is 6.96. The molecular formula is C28H34N2O4S. The normalized spacial score (nSPS) is 13.4. The second-order valence-corrected chi connectivity index (χ2v) is 8.95. The first-order chi connectivity index (χ1) is 17.0. The summed E-state index contributed by atoms with van der Waals surface area (Å²) >= 11 is 1.71. The van der Waals surface area contributed by atoms with E-state index in [2.05, 4.69) is 46.9 Å². The Morgan fingerprint density at radius 3 is 2.69 bits per heavy atom. The molecule has 4 rings (SSSR count). The average Bonchev–Trinajstić information content (AvgIpc) is 3.50. The molecule has 1 unspecified atom stereocenters. The van der Waals surface area contributed by atoms with Gasteiger partial charge in [0, 0.05) is 32.0 Å². The van der Waals surface area contributed by atoms with Gasteiger partial charge in [-0.3, -0.25) is 0 Å². The minimum absolute atomic E-state index is 0.112. The topological polar surface area (TPSA) is 94.7 Å². The van der Waals surface area contributed by atoms with Crippen LogP contribution in [0.2, 0.25) is 0 Å². The Kier molecular flexibility index (Phi) is 11.6. The van der Waals surface area contributed by atoms with Crippen LogP contribution in [0.25, 0.3) is 21.0 Å². The van der Waals surface area contributed by atoms with E-state index in [0.717, 1.165) is 41.8 Å². The van der Waals surface area contributed by atoms with Crippen molar-refractivity contribution in [2.75, 3.05) is 20.8 Å². The molecule has 2 aromatic carbocycles. The Morgan fingerprint density at radius 1 is 1.29 bits per heavy atom. The number of hydrogen-bond acceptors (Lipinski definition) is 7. The summed E-state index contributed by atoms with van der Waals surface area (Å²) in [6.45, 7) is 6.09. The maximum atomic E-state index is 9.28. The molecule has 0 fully saturated rings. The van der Waals surface area contributed by atoms with Crippen LogP contribution in [0, 0.1) is 11.8 Å². The fraction of sp³-hybridized carbons (Fsp3) is 0.357. The molecular weight excluding hydrogens is 460 g/mol. The second-order valence-electron chi connectivity index (χ2n) is 7.92. The van der Waals surface area contributed by atoms with Crippen molar-refractivity contribution in [2.24, 2.45) is 5.73 Å². The fourth-order valence-corrected chi connectivity index (χ4v) is 4.73. The van der Waals surface area contributed by atoms with Crippen LogP contribution in [-0.4, -0.2) is 43.3 Å². The lowest BCUT2D eigenvalue weighted by molar-refractivity contribution is -0.110. The van der Waals surface area contributed by atoms with Crippen LogP contribution in [0.1, 0.15) is 49.9 Å². The van der Waals surface area contributed by atoms with Crippen molar-refractivity contribution >= 4 is 17.6 Å².